The molecule has 0 aliphatic heterocycles. The Morgan fingerprint density at radius 2 is 0.302 bits per heavy atom. The van der Waals surface area contributed by atoms with Crippen molar-refractivity contribution in [3.63, 3.8) is 0 Å². The van der Waals surface area contributed by atoms with Crippen molar-refractivity contribution < 1.29 is 9.59 Å². The van der Waals surface area contributed by atoms with Crippen molar-refractivity contribution in [3.05, 3.63) is 0 Å². The van der Waals surface area contributed by atoms with Crippen molar-refractivity contribution >= 4 is 11.8 Å². The van der Waals surface area contributed by atoms with E-state index < -0.39 is 0 Å². The van der Waals surface area contributed by atoms with Gasteiger partial charge in [-0.05, 0) is 12.8 Å². The molecule has 2 amide bonds. The van der Waals surface area contributed by atoms with Crippen molar-refractivity contribution in [1.29, 1.82) is 0 Å². The zero-order valence-electron chi connectivity index (χ0n) is 29.1. The van der Waals surface area contributed by atoms with Gasteiger partial charge < -0.3 is 11.5 Å². The van der Waals surface area contributed by atoms with E-state index in [1.54, 1.807) is 0 Å². The third-order valence-corrected chi connectivity index (χ3v) is 9.35. The molecule has 4 heteroatoms. The number of carbonyl (C=O) groups excluding carboxylic acids is 2. The molecular weight excluding hydrogens is 528 g/mol. The highest BCUT2D eigenvalue weighted by Gasteiger charge is 1.99. The van der Waals surface area contributed by atoms with Gasteiger partial charge in [0, 0.05) is 12.8 Å². The van der Waals surface area contributed by atoms with E-state index in [0.29, 0.717) is 12.8 Å². The number of hydrogen-bond donors (Lipinski definition) is 2. The van der Waals surface area contributed by atoms with E-state index in [0.717, 1.165) is 25.7 Å². The second-order valence-electron chi connectivity index (χ2n) is 13.8. The fourth-order valence-electron chi connectivity index (χ4n) is 6.43. The van der Waals surface area contributed by atoms with Gasteiger partial charge in [-0.1, -0.05) is 212 Å². The summed E-state index contributed by atoms with van der Waals surface area (Å²) in [7, 11) is 0. The molecule has 0 aromatic heterocycles. The summed E-state index contributed by atoms with van der Waals surface area (Å²) in [6, 6.07) is 0. The first-order valence-electron chi connectivity index (χ1n) is 19.7. The molecule has 0 saturated heterocycles. The van der Waals surface area contributed by atoms with Crippen LogP contribution < -0.4 is 11.5 Å². The number of nitrogens with two attached hydrogens (primary N) is 2. The van der Waals surface area contributed by atoms with E-state index >= 15 is 0 Å². The summed E-state index contributed by atoms with van der Waals surface area (Å²) >= 11 is 0. The third-order valence-electron chi connectivity index (χ3n) is 9.35. The van der Waals surface area contributed by atoms with Crippen LogP contribution in [0, 0.1) is 0 Å². The van der Waals surface area contributed by atoms with E-state index in [9.17, 15) is 9.59 Å². The van der Waals surface area contributed by atoms with Gasteiger partial charge in [0.25, 0.3) is 0 Å². The third kappa shape index (κ3) is 40.9. The largest absolute Gasteiger partial charge is 0.370 e. The lowest BCUT2D eigenvalue weighted by Gasteiger charge is -2.05. The highest BCUT2D eigenvalue weighted by molar-refractivity contribution is 5.73. The summed E-state index contributed by atoms with van der Waals surface area (Å²) in [5.74, 6) is -0.303. The van der Waals surface area contributed by atoms with Crippen LogP contribution in [0.5, 0.6) is 0 Å². The minimum atomic E-state index is -0.152. The first-order valence-corrected chi connectivity index (χ1v) is 19.7. The van der Waals surface area contributed by atoms with Gasteiger partial charge in [-0.25, -0.2) is 0 Å². The maximum Gasteiger partial charge on any atom is 0.217 e. The van der Waals surface area contributed by atoms with Crippen molar-refractivity contribution in [2.45, 2.75) is 238 Å². The topological polar surface area (TPSA) is 86.2 Å². The van der Waals surface area contributed by atoms with Crippen molar-refractivity contribution in [3.8, 4) is 0 Å². The minimum absolute atomic E-state index is 0.152. The first kappa shape index (κ1) is 41.9. The molecule has 43 heavy (non-hydrogen) atoms. The van der Waals surface area contributed by atoms with Gasteiger partial charge in [0.05, 0.1) is 0 Å². The predicted molar refractivity (Wildman–Crippen MR) is 189 cm³/mol. The first-order chi connectivity index (χ1) is 21.1. The zero-order valence-corrected chi connectivity index (χ0v) is 29.1. The Hall–Kier alpha value is -1.06. The molecule has 0 aromatic carbocycles. The molecule has 4 nitrogen and oxygen atoms in total. The Bertz CT molecular complexity index is 517. The molecule has 0 unspecified atom stereocenters. The Morgan fingerprint density at radius 3 is 0.395 bits per heavy atom. The summed E-state index contributed by atoms with van der Waals surface area (Å²) < 4.78 is 0. The minimum Gasteiger partial charge on any atom is -0.370 e. The molecule has 0 rings (SSSR count). The summed E-state index contributed by atoms with van der Waals surface area (Å²) in [6.07, 6.45) is 49.4. The van der Waals surface area contributed by atoms with Gasteiger partial charge in [0.2, 0.25) is 11.8 Å². The molecule has 0 aliphatic carbocycles. The van der Waals surface area contributed by atoms with Gasteiger partial charge in [-0.15, -0.1) is 0 Å². The van der Waals surface area contributed by atoms with E-state index in [1.165, 1.54) is 199 Å². The lowest BCUT2D eigenvalue weighted by Crippen LogP contribution is -2.09. The molecule has 0 spiro atoms. The summed E-state index contributed by atoms with van der Waals surface area (Å²) in [5.41, 5.74) is 10.3. The van der Waals surface area contributed by atoms with Crippen molar-refractivity contribution in [2.75, 3.05) is 0 Å². The van der Waals surface area contributed by atoms with Gasteiger partial charge in [-0.3, -0.25) is 9.59 Å². The molecule has 0 aromatic rings. The lowest BCUT2D eigenvalue weighted by molar-refractivity contribution is -0.119. The lowest BCUT2D eigenvalue weighted by atomic mass is 10.0. The van der Waals surface area contributed by atoms with Gasteiger partial charge in [0.15, 0.2) is 0 Å². The van der Waals surface area contributed by atoms with Gasteiger partial charge in [0.1, 0.15) is 0 Å². The smallest absolute Gasteiger partial charge is 0.217 e. The number of rotatable bonds is 38. The van der Waals surface area contributed by atoms with Crippen LogP contribution in [0.1, 0.15) is 238 Å². The second-order valence-corrected chi connectivity index (χ2v) is 13.8. The fourth-order valence-corrected chi connectivity index (χ4v) is 6.43. The molecule has 0 radical (unpaired) electrons. The van der Waals surface area contributed by atoms with Crippen molar-refractivity contribution in [1.82, 2.24) is 0 Å². The molecule has 0 fully saturated rings. The molecule has 0 aliphatic rings. The average molecular weight is 607 g/mol. The summed E-state index contributed by atoms with van der Waals surface area (Å²) in [6.45, 7) is 0. The molecule has 0 heterocycles. The Kier molecular flexibility index (Phi) is 36.2. The standard InChI is InChI=1S/C39H78N2O2/c40-38(42)36-34-32-30-28-26-24-22-20-18-16-14-12-10-8-6-4-2-1-3-5-7-9-11-13-15-17-19-21-23-25-27-29-31-33-35-37-39(41)43/h1-37H2,(H2,40,42)(H2,41,43). The molecular formula is C39H78N2O2. The zero-order chi connectivity index (χ0) is 31.3. The summed E-state index contributed by atoms with van der Waals surface area (Å²) in [4.78, 5) is 21.4. The van der Waals surface area contributed by atoms with Gasteiger partial charge in [-0.2, -0.15) is 0 Å². The number of hydrogen-bond acceptors (Lipinski definition) is 2. The van der Waals surface area contributed by atoms with E-state index in [1.807, 2.05) is 0 Å². The molecule has 256 valence electrons. The highest BCUT2D eigenvalue weighted by Crippen LogP contribution is 2.17. The van der Waals surface area contributed by atoms with Crippen LogP contribution in [-0.4, -0.2) is 11.8 Å². The van der Waals surface area contributed by atoms with Crippen LogP contribution in [0.2, 0.25) is 0 Å². The molecule has 0 bridgehead atoms. The predicted octanol–water partition coefficient (Wildman–Crippen LogP) is 12.4. The van der Waals surface area contributed by atoms with Gasteiger partial charge >= 0.3 is 0 Å². The maximum absolute atomic E-state index is 10.7. The number of carbonyl (C=O) groups is 2. The van der Waals surface area contributed by atoms with E-state index in [2.05, 4.69) is 0 Å². The van der Waals surface area contributed by atoms with Crippen LogP contribution in [-0.2, 0) is 9.59 Å². The van der Waals surface area contributed by atoms with Crippen LogP contribution in [0.25, 0.3) is 0 Å². The highest BCUT2D eigenvalue weighted by atomic mass is 16.1. The number of unbranched alkanes of at least 4 members (excludes halogenated alkanes) is 34. The van der Waals surface area contributed by atoms with Crippen LogP contribution >= 0.6 is 0 Å². The molecule has 0 saturated carbocycles. The van der Waals surface area contributed by atoms with Crippen molar-refractivity contribution in [2.24, 2.45) is 11.5 Å². The fraction of sp³-hybridized carbons (Fsp3) is 0.949. The second kappa shape index (κ2) is 37.1. The average Bonchev–Trinajstić information content (AvgIpc) is 2.98. The SMILES string of the molecule is NC(=O)CCCCCCCCCCCCCCCCCCCCCCCCCCCCCCCCCCCCCC(N)=O. The van der Waals surface area contributed by atoms with E-state index in [-0.39, 0.29) is 11.8 Å². The maximum atomic E-state index is 10.7. The van der Waals surface area contributed by atoms with Crippen LogP contribution in [0.4, 0.5) is 0 Å². The van der Waals surface area contributed by atoms with Crippen LogP contribution in [0.3, 0.4) is 0 Å². The monoisotopic (exact) mass is 607 g/mol. The number of primary amides is 2. The number of amides is 2. The van der Waals surface area contributed by atoms with E-state index in [4.69, 9.17) is 11.5 Å². The normalized spacial score (nSPS) is 11.3. The Balaban J connectivity index is 3.04. The molecule has 0 atom stereocenters. The molecule has 4 N–H and O–H groups in total. The Labute approximate surface area is 270 Å². The summed E-state index contributed by atoms with van der Waals surface area (Å²) in [5, 5.41) is 0. The quantitative estimate of drug-likeness (QED) is 0.0685. The Morgan fingerprint density at radius 1 is 0.209 bits per heavy atom. The van der Waals surface area contributed by atoms with Crippen LogP contribution in [0.15, 0.2) is 0 Å².